The highest BCUT2D eigenvalue weighted by Crippen LogP contribution is 2.42. The monoisotopic (exact) mass is 501 g/mol. The largest absolute Gasteiger partial charge is 0.493 e. The first-order chi connectivity index (χ1) is 16.1. The quantitative estimate of drug-likeness (QED) is 0.316. The Morgan fingerprint density at radius 3 is 2.53 bits per heavy atom. The van der Waals surface area contributed by atoms with E-state index in [-0.39, 0.29) is 11.8 Å². The van der Waals surface area contributed by atoms with Gasteiger partial charge in [-0.05, 0) is 82.5 Å². The molecule has 2 heterocycles. The highest BCUT2D eigenvalue weighted by molar-refractivity contribution is 6.38. The molecule has 34 heavy (non-hydrogen) atoms. The molecule has 0 bridgehead atoms. The van der Waals surface area contributed by atoms with E-state index >= 15 is 0 Å². The molecule has 2 aliphatic rings. The topological polar surface area (TPSA) is 48.0 Å². The number of amides is 1. The summed E-state index contributed by atoms with van der Waals surface area (Å²) in [5.74, 6) is 1.11. The number of nitrogens with zero attached hydrogens (tertiary/aromatic N) is 1. The number of carbonyl (C=O) groups is 1. The molecular weight excluding hydrogens is 473 g/mol. The van der Waals surface area contributed by atoms with Crippen LogP contribution in [0.4, 0.5) is 5.69 Å². The van der Waals surface area contributed by atoms with Gasteiger partial charge in [0.15, 0.2) is 5.88 Å². The van der Waals surface area contributed by atoms with Gasteiger partial charge in [-0.15, -0.1) is 0 Å². The molecule has 0 atom stereocenters. The van der Waals surface area contributed by atoms with Crippen molar-refractivity contribution in [3.63, 3.8) is 0 Å². The fraction of sp³-hybridized carbons (Fsp3) is 0.370. The van der Waals surface area contributed by atoms with Gasteiger partial charge < -0.3 is 14.2 Å². The number of fused-ring (bicyclic) bond motifs is 1. The summed E-state index contributed by atoms with van der Waals surface area (Å²) in [6, 6.07) is 10.8. The Hall–Kier alpha value is -2.47. The van der Waals surface area contributed by atoms with Crippen LogP contribution in [0.15, 0.2) is 48.9 Å². The van der Waals surface area contributed by atoms with Crippen LogP contribution >= 0.6 is 23.2 Å². The van der Waals surface area contributed by atoms with Crippen molar-refractivity contribution in [1.82, 2.24) is 0 Å². The van der Waals surface area contributed by atoms with Crippen molar-refractivity contribution in [2.24, 2.45) is 5.92 Å². The summed E-state index contributed by atoms with van der Waals surface area (Å²) < 4.78 is 17.5. The van der Waals surface area contributed by atoms with Crippen molar-refractivity contribution in [2.45, 2.75) is 39.2 Å². The molecule has 0 aromatic heterocycles. The minimum Gasteiger partial charge on any atom is -0.493 e. The van der Waals surface area contributed by atoms with Crippen molar-refractivity contribution in [3.05, 3.63) is 70.0 Å². The van der Waals surface area contributed by atoms with E-state index in [1.807, 2.05) is 39.0 Å². The number of halogens is 2. The second-order valence-electron chi connectivity index (χ2n) is 9.52. The molecule has 0 aliphatic carbocycles. The first kappa shape index (κ1) is 24.6. The van der Waals surface area contributed by atoms with E-state index in [1.54, 1.807) is 24.3 Å². The number of hydrogen-bond donors (Lipinski definition) is 0. The number of hydrogen-bond acceptors (Lipinski definition) is 4. The normalized spacial score (nSPS) is 17.7. The molecule has 5 nitrogen and oxygen atoms in total. The lowest BCUT2D eigenvalue weighted by Crippen LogP contribution is -2.31. The van der Waals surface area contributed by atoms with Gasteiger partial charge in [0, 0.05) is 34.4 Å². The van der Waals surface area contributed by atoms with Crippen molar-refractivity contribution < 1.29 is 19.0 Å². The molecule has 1 saturated heterocycles. The molecule has 1 amide bonds. The van der Waals surface area contributed by atoms with Crippen LogP contribution in [0.25, 0.3) is 11.6 Å². The highest BCUT2D eigenvalue weighted by atomic mass is 35.5. The van der Waals surface area contributed by atoms with E-state index in [4.69, 9.17) is 37.4 Å². The summed E-state index contributed by atoms with van der Waals surface area (Å²) in [4.78, 5) is 15.1. The number of benzene rings is 2. The van der Waals surface area contributed by atoms with Crippen LogP contribution in [0.1, 0.15) is 44.7 Å². The summed E-state index contributed by atoms with van der Waals surface area (Å²) >= 11 is 12.6. The fourth-order valence-electron chi connectivity index (χ4n) is 4.09. The van der Waals surface area contributed by atoms with Gasteiger partial charge in [0.25, 0.3) is 5.91 Å². The Bertz CT molecular complexity index is 1130. The van der Waals surface area contributed by atoms with Gasteiger partial charge in [0.05, 0.1) is 17.9 Å². The minimum atomic E-state index is -0.513. The SMILES string of the molecule is C=C(OC(C)(C)C)N1C(=O)C(=Cc2cc(Cl)ccc2OCC2CCOCC2)c2ccc(Cl)cc21. The Balaban J connectivity index is 1.69. The van der Waals surface area contributed by atoms with Gasteiger partial charge >= 0.3 is 0 Å². The molecule has 0 N–H and O–H groups in total. The third-order valence-electron chi connectivity index (χ3n) is 5.68. The summed E-state index contributed by atoms with van der Waals surface area (Å²) in [5, 5.41) is 1.08. The smallest absolute Gasteiger partial charge is 0.265 e. The predicted molar refractivity (Wildman–Crippen MR) is 137 cm³/mol. The van der Waals surface area contributed by atoms with Gasteiger partial charge in [-0.2, -0.15) is 0 Å². The van der Waals surface area contributed by atoms with E-state index < -0.39 is 5.60 Å². The molecule has 0 saturated carbocycles. The molecule has 7 heteroatoms. The lowest BCUT2D eigenvalue weighted by Gasteiger charge is -2.27. The molecule has 2 aromatic carbocycles. The zero-order valence-electron chi connectivity index (χ0n) is 19.7. The van der Waals surface area contributed by atoms with Crippen LogP contribution < -0.4 is 9.64 Å². The number of ether oxygens (including phenoxy) is 3. The van der Waals surface area contributed by atoms with Crippen LogP contribution in [-0.4, -0.2) is 31.3 Å². The molecule has 2 aliphatic heterocycles. The number of carbonyl (C=O) groups excluding carboxylic acids is 1. The summed E-state index contributed by atoms with van der Waals surface area (Å²) in [7, 11) is 0. The van der Waals surface area contributed by atoms with Gasteiger partial charge in [-0.3, -0.25) is 4.79 Å². The zero-order chi connectivity index (χ0) is 24.5. The standard InChI is InChI=1S/C27H29Cl2NO4/c1-17(34-27(2,3)4)30-24-15-21(29)5-7-22(24)23(26(30)31)14-19-13-20(28)6-8-25(19)33-16-18-9-11-32-12-10-18/h5-8,13-15,18H,1,9-12,16H2,2-4H3. The fourth-order valence-corrected chi connectivity index (χ4v) is 4.44. The average Bonchev–Trinajstić information content (AvgIpc) is 3.03. The zero-order valence-corrected chi connectivity index (χ0v) is 21.2. The van der Waals surface area contributed by atoms with Crippen LogP contribution in [0.2, 0.25) is 10.0 Å². The van der Waals surface area contributed by atoms with E-state index in [1.165, 1.54) is 4.90 Å². The third kappa shape index (κ3) is 5.60. The Kier molecular flexibility index (Phi) is 7.27. The number of rotatable bonds is 6. The average molecular weight is 502 g/mol. The summed E-state index contributed by atoms with van der Waals surface area (Å²) in [6.45, 7) is 11.8. The second kappa shape index (κ2) is 10.0. The van der Waals surface area contributed by atoms with Crippen molar-refractivity contribution in [2.75, 3.05) is 24.7 Å². The summed E-state index contributed by atoms with van der Waals surface area (Å²) in [5.41, 5.74) is 2.07. The first-order valence-electron chi connectivity index (χ1n) is 11.4. The maximum Gasteiger partial charge on any atom is 0.265 e. The molecule has 180 valence electrons. The molecule has 0 spiro atoms. The van der Waals surface area contributed by atoms with Crippen LogP contribution in [0, 0.1) is 5.92 Å². The van der Waals surface area contributed by atoms with E-state index in [0.717, 1.165) is 37.2 Å². The number of anilines is 1. The van der Waals surface area contributed by atoms with Gasteiger partial charge in [0.2, 0.25) is 0 Å². The van der Waals surface area contributed by atoms with Crippen molar-refractivity contribution in [3.8, 4) is 5.75 Å². The van der Waals surface area contributed by atoms with Crippen molar-refractivity contribution in [1.29, 1.82) is 0 Å². The lowest BCUT2D eigenvalue weighted by molar-refractivity contribution is -0.113. The van der Waals surface area contributed by atoms with Crippen LogP contribution in [0.5, 0.6) is 5.75 Å². The van der Waals surface area contributed by atoms with Crippen molar-refractivity contribution >= 4 is 46.4 Å². The van der Waals surface area contributed by atoms with E-state index in [0.29, 0.717) is 39.6 Å². The Morgan fingerprint density at radius 1 is 1.15 bits per heavy atom. The third-order valence-corrected chi connectivity index (χ3v) is 6.16. The second-order valence-corrected chi connectivity index (χ2v) is 10.4. The maximum absolute atomic E-state index is 13.6. The predicted octanol–water partition coefficient (Wildman–Crippen LogP) is 6.97. The van der Waals surface area contributed by atoms with Gasteiger partial charge in [-0.1, -0.05) is 29.3 Å². The Morgan fingerprint density at radius 2 is 1.82 bits per heavy atom. The molecule has 1 fully saturated rings. The van der Waals surface area contributed by atoms with E-state index in [9.17, 15) is 4.79 Å². The molecule has 0 unspecified atom stereocenters. The van der Waals surface area contributed by atoms with Crippen LogP contribution in [0.3, 0.4) is 0 Å². The highest BCUT2D eigenvalue weighted by Gasteiger charge is 2.36. The molecule has 0 radical (unpaired) electrons. The van der Waals surface area contributed by atoms with Gasteiger partial charge in [0.1, 0.15) is 11.4 Å². The first-order valence-corrected chi connectivity index (χ1v) is 12.1. The van der Waals surface area contributed by atoms with Gasteiger partial charge in [-0.25, -0.2) is 4.90 Å². The van der Waals surface area contributed by atoms with Crippen LogP contribution in [-0.2, 0) is 14.3 Å². The molecule has 4 rings (SSSR count). The molecular formula is C27H29Cl2NO4. The summed E-state index contributed by atoms with van der Waals surface area (Å²) in [6.07, 6.45) is 3.76. The minimum absolute atomic E-state index is 0.242. The molecule has 2 aromatic rings. The Labute approximate surface area is 210 Å². The lowest BCUT2D eigenvalue weighted by atomic mass is 10.0. The van der Waals surface area contributed by atoms with E-state index in [2.05, 4.69) is 6.58 Å². The maximum atomic E-state index is 13.6.